The van der Waals surface area contributed by atoms with Crippen LogP contribution in [0.4, 0.5) is 10.2 Å². The summed E-state index contributed by atoms with van der Waals surface area (Å²) in [6.07, 6.45) is 1.37. The highest BCUT2D eigenvalue weighted by Gasteiger charge is 2.27. The number of aromatic nitrogens is 2. The monoisotopic (exact) mass is 556 g/mol. The van der Waals surface area contributed by atoms with Gasteiger partial charge < -0.3 is 5.32 Å². The first kappa shape index (κ1) is 27.2. The normalized spacial score (nSPS) is 11.7. The fourth-order valence-electron chi connectivity index (χ4n) is 4.44. The molecule has 0 aliphatic heterocycles. The Hall–Kier alpha value is -4.34. The Bertz CT molecular complexity index is 1740. The summed E-state index contributed by atoms with van der Waals surface area (Å²) in [6.45, 7) is 1.79. The van der Waals surface area contributed by atoms with E-state index >= 15 is 0 Å². The number of hydrogen-bond donors (Lipinski definition) is 1. The topological polar surface area (TPSA) is 84.3 Å². The van der Waals surface area contributed by atoms with Gasteiger partial charge in [0.25, 0.3) is 0 Å². The van der Waals surface area contributed by atoms with Crippen molar-refractivity contribution in [2.24, 2.45) is 0 Å². The summed E-state index contributed by atoms with van der Waals surface area (Å²) in [5.41, 5.74) is 1.99. The fourth-order valence-corrected chi connectivity index (χ4v) is 5.91. The number of nitrogens with zero attached hydrogens (tertiary/aromatic N) is 3. The average molecular weight is 557 g/mol. The van der Waals surface area contributed by atoms with Gasteiger partial charge in [0.15, 0.2) is 0 Å². The molecule has 0 saturated carbocycles. The number of rotatable bonds is 10. The molecule has 5 rings (SSSR count). The lowest BCUT2D eigenvalue weighted by Gasteiger charge is -2.22. The molecule has 0 bridgehead atoms. The zero-order valence-corrected chi connectivity index (χ0v) is 22.8. The Morgan fingerprint density at radius 2 is 1.60 bits per heavy atom. The number of carbonyl (C=O) groups excluding carboxylic acids is 1. The molecule has 9 heteroatoms. The minimum atomic E-state index is -3.95. The van der Waals surface area contributed by atoms with Crippen LogP contribution in [0.15, 0.2) is 108 Å². The van der Waals surface area contributed by atoms with Crippen molar-refractivity contribution in [3.05, 3.63) is 109 Å². The lowest BCUT2D eigenvalue weighted by molar-refractivity contribution is -0.116. The summed E-state index contributed by atoms with van der Waals surface area (Å²) in [5.74, 6) is -0.562. The second kappa shape index (κ2) is 11.8. The average Bonchev–Trinajstić information content (AvgIpc) is 3.39. The molecular weight excluding hydrogens is 527 g/mol. The predicted octanol–water partition coefficient (Wildman–Crippen LogP) is 6.26. The molecular formula is C31H29FN4O3S. The molecule has 1 heterocycles. The maximum atomic E-state index is 13.7. The molecule has 1 aromatic heterocycles. The summed E-state index contributed by atoms with van der Waals surface area (Å²) in [4.78, 5) is 13.5. The standard InChI is InChI=1S/C31H29FN4O3S/c1-2-3-19-35(40(38,39)28-18-13-23-9-7-8-12-25(23)20-28)22-31(37)33-30-21-29(24-10-5-4-6-11-24)34-36(30)27-16-14-26(32)15-17-27/h4-18,20-21H,2-3,19,22H2,1H3,(H,33,37). The minimum Gasteiger partial charge on any atom is -0.309 e. The second-order valence-corrected chi connectivity index (χ2v) is 11.4. The van der Waals surface area contributed by atoms with Crippen LogP contribution >= 0.6 is 0 Å². The Morgan fingerprint density at radius 3 is 2.33 bits per heavy atom. The summed E-state index contributed by atoms with van der Waals surface area (Å²) in [7, 11) is -3.95. The lowest BCUT2D eigenvalue weighted by atomic mass is 10.1. The Balaban J connectivity index is 1.44. The van der Waals surface area contributed by atoms with E-state index in [0.29, 0.717) is 23.6 Å². The summed E-state index contributed by atoms with van der Waals surface area (Å²) >= 11 is 0. The number of anilines is 1. The molecule has 0 unspecified atom stereocenters. The Kier molecular flexibility index (Phi) is 8.04. The molecule has 1 N–H and O–H groups in total. The van der Waals surface area contributed by atoms with E-state index in [1.165, 1.54) is 21.1 Å². The molecule has 7 nitrogen and oxygen atoms in total. The van der Waals surface area contributed by atoms with Crippen molar-refractivity contribution in [2.45, 2.75) is 24.7 Å². The molecule has 4 aromatic carbocycles. The molecule has 0 fully saturated rings. The van der Waals surface area contributed by atoms with Crippen molar-refractivity contribution in [1.82, 2.24) is 14.1 Å². The minimum absolute atomic E-state index is 0.137. The quantitative estimate of drug-likeness (QED) is 0.220. The van der Waals surface area contributed by atoms with Gasteiger partial charge in [-0.25, -0.2) is 17.5 Å². The highest BCUT2D eigenvalue weighted by Crippen LogP contribution is 2.26. The van der Waals surface area contributed by atoms with Gasteiger partial charge in [-0.2, -0.15) is 9.40 Å². The van der Waals surface area contributed by atoms with E-state index in [2.05, 4.69) is 10.4 Å². The first-order valence-corrected chi connectivity index (χ1v) is 14.5. The molecule has 40 heavy (non-hydrogen) atoms. The predicted molar refractivity (Wildman–Crippen MR) is 155 cm³/mol. The SMILES string of the molecule is CCCCN(CC(=O)Nc1cc(-c2ccccc2)nn1-c1ccc(F)cc1)S(=O)(=O)c1ccc2ccccc2c1. The molecule has 204 valence electrons. The van der Waals surface area contributed by atoms with Gasteiger partial charge in [-0.05, 0) is 53.6 Å². The van der Waals surface area contributed by atoms with Crippen LogP contribution in [0, 0.1) is 5.82 Å². The smallest absolute Gasteiger partial charge is 0.243 e. The number of carbonyl (C=O) groups is 1. The molecule has 0 aliphatic rings. The van der Waals surface area contributed by atoms with Crippen molar-refractivity contribution in [1.29, 1.82) is 0 Å². The largest absolute Gasteiger partial charge is 0.309 e. The summed E-state index contributed by atoms with van der Waals surface area (Å²) in [5, 5.41) is 9.21. The van der Waals surface area contributed by atoms with Gasteiger partial charge >= 0.3 is 0 Å². The number of halogens is 1. The van der Waals surface area contributed by atoms with Crippen molar-refractivity contribution >= 4 is 32.5 Å². The van der Waals surface area contributed by atoms with Gasteiger partial charge in [0.1, 0.15) is 11.6 Å². The van der Waals surface area contributed by atoms with Crippen molar-refractivity contribution < 1.29 is 17.6 Å². The lowest BCUT2D eigenvalue weighted by Crippen LogP contribution is -2.38. The number of hydrogen-bond acceptors (Lipinski definition) is 4. The highest BCUT2D eigenvalue weighted by atomic mass is 32.2. The van der Waals surface area contributed by atoms with Gasteiger partial charge in [-0.1, -0.05) is 74.0 Å². The first-order chi connectivity index (χ1) is 19.3. The van der Waals surface area contributed by atoms with Crippen molar-refractivity contribution in [2.75, 3.05) is 18.4 Å². The van der Waals surface area contributed by atoms with Crippen LogP contribution in [0.3, 0.4) is 0 Å². The van der Waals surface area contributed by atoms with E-state index in [1.807, 2.05) is 61.5 Å². The summed E-state index contributed by atoms with van der Waals surface area (Å²) in [6, 6.07) is 29.4. The number of amides is 1. The van der Waals surface area contributed by atoms with Crippen LogP contribution in [0.1, 0.15) is 19.8 Å². The van der Waals surface area contributed by atoms with E-state index in [-0.39, 0.29) is 18.0 Å². The molecule has 0 radical (unpaired) electrons. The number of benzene rings is 4. The van der Waals surface area contributed by atoms with Crippen molar-refractivity contribution in [3.63, 3.8) is 0 Å². The van der Waals surface area contributed by atoms with Crippen LogP contribution in [0.25, 0.3) is 27.7 Å². The number of fused-ring (bicyclic) bond motifs is 1. The third-order valence-corrected chi connectivity index (χ3v) is 8.40. The highest BCUT2D eigenvalue weighted by molar-refractivity contribution is 7.89. The van der Waals surface area contributed by atoms with Crippen LogP contribution in [-0.2, 0) is 14.8 Å². The third kappa shape index (κ3) is 5.95. The molecule has 0 aliphatic carbocycles. The maximum absolute atomic E-state index is 13.7. The van der Waals surface area contributed by atoms with Gasteiger partial charge in [-0.15, -0.1) is 0 Å². The van der Waals surface area contributed by atoms with E-state index < -0.39 is 21.7 Å². The van der Waals surface area contributed by atoms with E-state index in [0.717, 1.165) is 22.8 Å². The van der Waals surface area contributed by atoms with Gasteiger partial charge in [0, 0.05) is 18.2 Å². The Morgan fingerprint density at radius 1 is 0.900 bits per heavy atom. The van der Waals surface area contributed by atoms with Gasteiger partial charge in [0.05, 0.1) is 22.8 Å². The third-order valence-electron chi connectivity index (χ3n) is 6.56. The van der Waals surface area contributed by atoms with Crippen molar-refractivity contribution in [3.8, 4) is 16.9 Å². The molecule has 0 atom stereocenters. The van der Waals surface area contributed by atoms with Gasteiger partial charge in [0.2, 0.25) is 15.9 Å². The molecule has 1 amide bonds. The molecule has 0 spiro atoms. The van der Waals surface area contributed by atoms with Gasteiger partial charge in [-0.3, -0.25) is 4.79 Å². The molecule has 5 aromatic rings. The zero-order chi connectivity index (χ0) is 28.1. The van der Waals surface area contributed by atoms with Crippen LogP contribution in [0.5, 0.6) is 0 Å². The van der Waals surface area contributed by atoms with E-state index in [1.54, 1.807) is 36.4 Å². The second-order valence-electron chi connectivity index (χ2n) is 9.42. The van der Waals surface area contributed by atoms with Crippen LogP contribution in [0.2, 0.25) is 0 Å². The number of sulfonamides is 1. The number of nitrogens with one attached hydrogen (secondary N) is 1. The Labute approximate surface area is 232 Å². The number of unbranched alkanes of at least 4 members (excludes halogenated alkanes) is 1. The van der Waals surface area contributed by atoms with Crippen LogP contribution < -0.4 is 5.32 Å². The summed E-state index contributed by atoms with van der Waals surface area (Å²) < 4.78 is 43.7. The van der Waals surface area contributed by atoms with E-state index in [9.17, 15) is 17.6 Å². The molecule has 0 saturated heterocycles. The zero-order valence-electron chi connectivity index (χ0n) is 22.0. The van der Waals surface area contributed by atoms with E-state index in [4.69, 9.17) is 0 Å². The van der Waals surface area contributed by atoms with Crippen LogP contribution in [-0.4, -0.2) is 41.5 Å². The first-order valence-electron chi connectivity index (χ1n) is 13.1. The fraction of sp³-hybridized carbons (Fsp3) is 0.161. The maximum Gasteiger partial charge on any atom is 0.243 e.